The van der Waals surface area contributed by atoms with Gasteiger partial charge >= 0.3 is 0 Å². The fourth-order valence-corrected chi connectivity index (χ4v) is 4.34. The second-order valence-corrected chi connectivity index (χ2v) is 9.36. The number of aromatic nitrogens is 4. The molecule has 0 saturated carbocycles. The molecule has 9 nitrogen and oxygen atoms in total. The standard InChI is InChI=1S/C25H31F2N7O2/c1-16(2)13-21(35)33-11-6-10-32(12-9-28-15-18-7-4-5-8-19(18)33)24(36)23-30-25-29-17(3)14-20(22(26)27)34(25)31-23/h4-5,7-8,14,16,22,28H,6,9-13,15H2,1-3H3. The first-order valence-corrected chi connectivity index (χ1v) is 12.1. The van der Waals surface area contributed by atoms with Gasteiger partial charge in [0.15, 0.2) is 0 Å². The zero-order chi connectivity index (χ0) is 25.8. The van der Waals surface area contributed by atoms with E-state index < -0.39 is 12.3 Å². The summed E-state index contributed by atoms with van der Waals surface area (Å²) in [6.45, 7) is 7.84. The lowest BCUT2D eigenvalue weighted by atomic mass is 10.1. The molecule has 1 aliphatic rings. The van der Waals surface area contributed by atoms with Crippen LogP contribution in [0.25, 0.3) is 5.78 Å². The zero-order valence-corrected chi connectivity index (χ0v) is 20.7. The molecule has 1 aliphatic heterocycles. The number of rotatable bonds is 4. The van der Waals surface area contributed by atoms with Crippen LogP contribution in [0.15, 0.2) is 30.3 Å². The van der Waals surface area contributed by atoms with Gasteiger partial charge in [0.2, 0.25) is 11.7 Å². The molecule has 4 rings (SSSR count). The van der Waals surface area contributed by atoms with E-state index in [9.17, 15) is 18.4 Å². The van der Waals surface area contributed by atoms with Crippen molar-refractivity contribution in [2.75, 3.05) is 31.1 Å². The van der Waals surface area contributed by atoms with Gasteiger partial charge in [0.25, 0.3) is 18.1 Å². The summed E-state index contributed by atoms with van der Waals surface area (Å²) in [6.07, 6.45) is -1.82. The van der Waals surface area contributed by atoms with Crippen LogP contribution in [0.2, 0.25) is 0 Å². The lowest BCUT2D eigenvalue weighted by Gasteiger charge is -2.27. The first-order valence-electron chi connectivity index (χ1n) is 12.1. The van der Waals surface area contributed by atoms with E-state index in [1.807, 2.05) is 38.1 Å². The van der Waals surface area contributed by atoms with Gasteiger partial charge in [0.05, 0.1) is 0 Å². The third kappa shape index (κ3) is 5.67. The monoisotopic (exact) mass is 499 g/mol. The Hall–Kier alpha value is -3.47. The highest BCUT2D eigenvalue weighted by atomic mass is 19.3. The van der Waals surface area contributed by atoms with Crippen molar-refractivity contribution in [2.45, 2.75) is 46.6 Å². The number of benzene rings is 1. The van der Waals surface area contributed by atoms with Gasteiger partial charge in [-0.05, 0) is 37.0 Å². The average molecular weight is 500 g/mol. The lowest BCUT2D eigenvalue weighted by Crippen LogP contribution is -2.39. The average Bonchev–Trinajstić information content (AvgIpc) is 3.24. The molecule has 11 heteroatoms. The molecule has 1 N–H and O–H groups in total. The molecule has 36 heavy (non-hydrogen) atoms. The first kappa shape index (κ1) is 25.6. The number of carbonyl (C=O) groups is 2. The highest BCUT2D eigenvalue weighted by Gasteiger charge is 2.25. The highest BCUT2D eigenvalue weighted by Crippen LogP contribution is 2.24. The molecule has 0 unspecified atom stereocenters. The fourth-order valence-electron chi connectivity index (χ4n) is 4.34. The molecule has 0 saturated heterocycles. The quantitative estimate of drug-likeness (QED) is 0.591. The number of nitrogens with zero attached hydrogens (tertiary/aromatic N) is 6. The molecule has 2 aromatic heterocycles. The minimum absolute atomic E-state index is 0.0365. The van der Waals surface area contributed by atoms with E-state index >= 15 is 0 Å². The number of nitrogens with one attached hydrogen (secondary N) is 1. The van der Waals surface area contributed by atoms with Crippen molar-refractivity contribution < 1.29 is 18.4 Å². The van der Waals surface area contributed by atoms with E-state index in [4.69, 9.17) is 0 Å². The van der Waals surface area contributed by atoms with E-state index in [0.717, 1.165) is 15.8 Å². The number of halogens is 2. The summed E-state index contributed by atoms with van der Waals surface area (Å²) in [6, 6.07) is 9.04. The Kier molecular flexibility index (Phi) is 7.88. The van der Waals surface area contributed by atoms with E-state index in [0.29, 0.717) is 51.3 Å². The molecule has 0 radical (unpaired) electrons. The topological polar surface area (TPSA) is 95.7 Å². The number of amides is 2. The Morgan fingerprint density at radius 2 is 1.89 bits per heavy atom. The first-order chi connectivity index (χ1) is 17.2. The van der Waals surface area contributed by atoms with E-state index in [1.54, 1.807) is 16.7 Å². The van der Waals surface area contributed by atoms with Gasteiger partial charge < -0.3 is 15.1 Å². The number of alkyl halides is 2. The van der Waals surface area contributed by atoms with Gasteiger partial charge in [-0.3, -0.25) is 9.59 Å². The molecule has 0 spiro atoms. The summed E-state index contributed by atoms with van der Waals surface area (Å²) in [5, 5.41) is 7.40. The van der Waals surface area contributed by atoms with E-state index in [2.05, 4.69) is 20.4 Å². The lowest BCUT2D eigenvalue weighted by molar-refractivity contribution is -0.119. The van der Waals surface area contributed by atoms with Crippen LogP contribution in [0.1, 0.15) is 60.7 Å². The summed E-state index contributed by atoms with van der Waals surface area (Å²) < 4.78 is 27.9. The molecule has 0 fully saturated rings. The van der Waals surface area contributed by atoms with Crippen LogP contribution >= 0.6 is 0 Å². The maximum Gasteiger partial charge on any atom is 0.293 e. The third-order valence-corrected chi connectivity index (χ3v) is 6.02. The minimum Gasteiger partial charge on any atom is -0.335 e. The number of para-hydroxylation sites is 1. The van der Waals surface area contributed by atoms with Crippen molar-refractivity contribution in [1.82, 2.24) is 29.8 Å². The van der Waals surface area contributed by atoms with Crippen molar-refractivity contribution in [2.24, 2.45) is 5.92 Å². The zero-order valence-electron chi connectivity index (χ0n) is 20.7. The van der Waals surface area contributed by atoms with Crippen molar-refractivity contribution in [3.63, 3.8) is 0 Å². The summed E-state index contributed by atoms with van der Waals surface area (Å²) >= 11 is 0. The molecule has 0 aliphatic carbocycles. The van der Waals surface area contributed by atoms with Gasteiger partial charge in [0, 0.05) is 50.5 Å². The van der Waals surface area contributed by atoms with E-state index in [1.165, 1.54) is 6.07 Å². The Morgan fingerprint density at radius 1 is 1.11 bits per heavy atom. The van der Waals surface area contributed by atoms with Crippen LogP contribution in [0.4, 0.5) is 14.5 Å². The molecule has 0 atom stereocenters. The number of fused-ring (bicyclic) bond motifs is 2. The Labute approximate surface area is 208 Å². The Bertz CT molecular complexity index is 1240. The van der Waals surface area contributed by atoms with Crippen LogP contribution in [-0.4, -0.2) is 62.5 Å². The molecular weight excluding hydrogens is 468 g/mol. The molecule has 0 bridgehead atoms. The summed E-state index contributed by atoms with van der Waals surface area (Å²) in [7, 11) is 0. The molecule has 192 valence electrons. The Balaban J connectivity index is 1.58. The molecule has 2 amide bonds. The second-order valence-electron chi connectivity index (χ2n) is 9.36. The van der Waals surface area contributed by atoms with Crippen molar-refractivity contribution in [1.29, 1.82) is 0 Å². The SMILES string of the molecule is Cc1cc(C(F)F)n2nc(C(=O)N3CCCN(C(=O)CC(C)C)c4ccccc4CNCC3)nc2n1. The maximum absolute atomic E-state index is 13.5. The van der Waals surface area contributed by atoms with Crippen molar-refractivity contribution >= 4 is 23.3 Å². The number of aryl methyl sites for hydroxylation is 1. The number of hydrogen-bond donors (Lipinski definition) is 1. The maximum atomic E-state index is 13.5. The van der Waals surface area contributed by atoms with Crippen LogP contribution < -0.4 is 10.2 Å². The van der Waals surface area contributed by atoms with Gasteiger partial charge in [-0.2, -0.15) is 9.50 Å². The minimum atomic E-state index is -2.78. The molecular formula is C25H31F2N7O2. The van der Waals surface area contributed by atoms with Crippen LogP contribution in [0.3, 0.4) is 0 Å². The van der Waals surface area contributed by atoms with Crippen molar-refractivity contribution in [3.05, 3.63) is 53.1 Å². The highest BCUT2D eigenvalue weighted by molar-refractivity contribution is 5.94. The van der Waals surface area contributed by atoms with Gasteiger partial charge in [0.1, 0.15) is 5.69 Å². The van der Waals surface area contributed by atoms with Gasteiger partial charge in [-0.15, -0.1) is 5.10 Å². The second kappa shape index (κ2) is 11.1. The number of hydrogen-bond acceptors (Lipinski definition) is 6. The largest absolute Gasteiger partial charge is 0.335 e. The fraction of sp³-hybridized carbons (Fsp3) is 0.480. The number of anilines is 1. The van der Waals surface area contributed by atoms with Crippen molar-refractivity contribution in [3.8, 4) is 0 Å². The number of carbonyl (C=O) groups excluding carboxylic acids is 2. The smallest absolute Gasteiger partial charge is 0.293 e. The predicted octanol–water partition coefficient (Wildman–Crippen LogP) is 3.39. The van der Waals surface area contributed by atoms with Crippen LogP contribution in [0.5, 0.6) is 0 Å². The van der Waals surface area contributed by atoms with Gasteiger partial charge in [-0.1, -0.05) is 32.0 Å². The van der Waals surface area contributed by atoms with Crippen LogP contribution in [-0.2, 0) is 11.3 Å². The molecule has 3 heterocycles. The van der Waals surface area contributed by atoms with E-state index in [-0.39, 0.29) is 29.1 Å². The summed E-state index contributed by atoms with van der Waals surface area (Å²) in [4.78, 5) is 38.1. The van der Waals surface area contributed by atoms with Crippen LogP contribution in [0, 0.1) is 12.8 Å². The summed E-state index contributed by atoms with van der Waals surface area (Å²) in [5.74, 6) is -0.420. The molecule has 1 aromatic carbocycles. The Morgan fingerprint density at radius 3 is 2.64 bits per heavy atom. The third-order valence-electron chi connectivity index (χ3n) is 6.02. The normalized spacial score (nSPS) is 15.3. The predicted molar refractivity (Wildman–Crippen MR) is 131 cm³/mol. The molecule has 3 aromatic rings. The summed E-state index contributed by atoms with van der Waals surface area (Å²) in [5.41, 5.74) is 1.89. The van der Waals surface area contributed by atoms with Gasteiger partial charge in [-0.25, -0.2) is 13.8 Å².